The van der Waals surface area contributed by atoms with E-state index in [4.69, 9.17) is 5.73 Å². The molecule has 2 aliphatic rings. The molecule has 2 atom stereocenters. The molecule has 3 nitrogen and oxygen atoms in total. The number of hydrogen-bond donors (Lipinski definition) is 1. The van der Waals surface area contributed by atoms with Gasteiger partial charge < -0.3 is 10.6 Å². The summed E-state index contributed by atoms with van der Waals surface area (Å²) in [6.07, 6.45) is 3.12. The van der Waals surface area contributed by atoms with E-state index in [1.54, 1.807) is 11.3 Å². The number of fused-ring (bicyclic) bond motifs is 1. The lowest BCUT2D eigenvalue weighted by molar-refractivity contribution is 0.0654. The van der Waals surface area contributed by atoms with Crippen LogP contribution in [0.15, 0.2) is 6.07 Å². The van der Waals surface area contributed by atoms with Crippen molar-refractivity contribution in [2.45, 2.75) is 38.0 Å². The second kappa shape index (κ2) is 6.08. The molecule has 1 aromatic heterocycles. The number of nitrogens with zero attached hydrogens (tertiary/aromatic N) is 1. The zero-order chi connectivity index (χ0) is 14.1. The van der Waals surface area contributed by atoms with Gasteiger partial charge in [-0.15, -0.1) is 11.3 Å². The van der Waals surface area contributed by atoms with E-state index in [1.165, 1.54) is 16.2 Å². The molecule has 0 bridgehead atoms. The topological polar surface area (TPSA) is 46.3 Å². The number of rotatable bonds is 2. The second-order valence-electron chi connectivity index (χ2n) is 5.73. The molecule has 0 aliphatic carbocycles. The van der Waals surface area contributed by atoms with Crippen molar-refractivity contribution >= 4 is 29.0 Å². The Bertz CT molecular complexity index is 477. The Hall–Kier alpha value is -0.520. The highest BCUT2D eigenvalue weighted by molar-refractivity contribution is 7.98. The fourth-order valence-corrected chi connectivity index (χ4v) is 5.42. The van der Waals surface area contributed by atoms with Gasteiger partial charge in [-0.25, -0.2) is 0 Å². The number of hydrogen-bond acceptors (Lipinski definition) is 4. The van der Waals surface area contributed by atoms with Crippen molar-refractivity contribution in [1.29, 1.82) is 0 Å². The Kier molecular flexibility index (Phi) is 4.38. The highest BCUT2D eigenvalue weighted by atomic mass is 32.2. The summed E-state index contributed by atoms with van der Waals surface area (Å²) < 4.78 is 0. The van der Waals surface area contributed by atoms with Crippen LogP contribution in [0.1, 0.15) is 39.9 Å². The molecule has 2 aliphatic heterocycles. The summed E-state index contributed by atoms with van der Waals surface area (Å²) in [4.78, 5) is 17.0. The lowest BCUT2D eigenvalue weighted by Crippen LogP contribution is -2.48. The highest BCUT2D eigenvalue weighted by Crippen LogP contribution is 2.33. The van der Waals surface area contributed by atoms with E-state index in [0.29, 0.717) is 5.92 Å². The molecule has 1 fully saturated rings. The molecule has 3 heterocycles. The van der Waals surface area contributed by atoms with Gasteiger partial charge in [0.15, 0.2) is 0 Å². The zero-order valence-corrected chi connectivity index (χ0v) is 13.6. The first-order valence-corrected chi connectivity index (χ1v) is 9.40. The van der Waals surface area contributed by atoms with Gasteiger partial charge >= 0.3 is 0 Å². The normalized spacial score (nSPS) is 26.4. The van der Waals surface area contributed by atoms with Crippen LogP contribution in [0, 0.1) is 5.92 Å². The number of nitrogens with two attached hydrogens (primary N) is 1. The van der Waals surface area contributed by atoms with Crippen LogP contribution in [0.5, 0.6) is 0 Å². The van der Waals surface area contributed by atoms with Gasteiger partial charge in [0.1, 0.15) is 0 Å². The SMILES string of the molecule is CCC1CN(C(=O)c2cc3c(s2)CCSC3)CCC1N. The molecule has 2 N–H and O–H groups in total. The maximum absolute atomic E-state index is 12.7. The number of aryl methyl sites for hydroxylation is 1. The molecule has 110 valence electrons. The van der Waals surface area contributed by atoms with E-state index in [0.717, 1.165) is 43.0 Å². The zero-order valence-electron chi connectivity index (χ0n) is 11.9. The highest BCUT2D eigenvalue weighted by Gasteiger charge is 2.29. The molecule has 0 spiro atoms. The predicted octanol–water partition coefficient (Wildman–Crippen LogP) is 2.74. The second-order valence-corrected chi connectivity index (χ2v) is 7.98. The quantitative estimate of drug-likeness (QED) is 0.913. The van der Waals surface area contributed by atoms with Crippen LogP contribution in [0.3, 0.4) is 0 Å². The van der Waals surface area contributed by atoms with E-state index in [2.05, 4.69) is 13.0 Å². The average Bonchev–Trinajstić information content (AvgIpc) is 2.91. The smallest absolute Gasteiger partial charge is 0.263 e. The van der Waals surface area contributed by atoms with Crippen LogP contribution >= 0.6 is 23.1 Å². The van der Waals surface area contributed by atoms with Crippen molar-refractivity contribution in [1.82, 2.24) is 4.90 Å². The fourth-order valence-electron chi connectivity index (χ4n) is 3.08. The van der Waals surface area contributed by atoms with E-state index in [-0.39, 0.29) is 11.9 Å². The lowest BCUT2D eigenvalue weighted by Gasteiger charge is -2.36. The molecule has 2 unspecified atom stereocenters. The summed E-state index contributed by atoms with van der Waals surface area (Å²) in [6, 6.07) is 2.39. The van der Waals surface area contributed by atoms with Crippen LogP contribution in [-0.4, -0.2) is 35.7 Å². The van der Waals surface area contributed by atoms with E-state index in [9.17, 15) is 4.79 Å². The third kappa shape index (κ3) is 2.76. The first-order chi connectivity index (χ1) is 9.69. The van der Waals surface area contributed by atoms with Gasteiger partial charge in [-0.2, -0.15) is 11.8 Å². The Morgan fingerprint density at radius 2 is 2.40 bits per heavy atom. The number of likely N-dealkylation sites (tertiary alicyclic amines) is 1. The fraction of sp³-hybridized carbons (Fsp3) is 0.667. The van der Waals surface area contributed by atoms with Crippen molar-refractivity contribution in [2.75, 3.05) is 18.8 Å². The van der Waals surface area contributed by atoms with E-state index in [1.807, 2.05) is 16.7 Å². The summed E-state index contributed by atoms with van der Waals surface area (Å²) in [5.74, 6) is 2.94. The molecule has 0 radical (unpaired) electrons. The number of thioether (sulfide) groups is 1. The van der Waals surface area contributed by atoms with Crippen molar-refractivity contribution in [3.63, 3.8) is 0 Å². The standard InChI is InChI=1S/C15H22N2OS2/c1-2-10-8-17(5-3-12(10)16)15(18)14-7-11-9-19-6-4-13(11)20-14/h7,10,12H,2-6,8-9,16H2,1H3. The van der Waals surface area contributed by atoms with E-state index >= 15 is 0 Å². The summed E-state index contributed by atoms with van der Waals surface area (Å²) in [6.45, 7) is 3.81. The van der Waals surface area contributed by atoms with Crippen molar-refractivity contribution in [3.8, 4) is 0 Å². The Morgan fingerprint density at radius 1 is 1.55 bits per heavy atom. The van der Waals surface area contributed by atoms with Crippen LogP contribution in [-0.2, 0) is 12.2 Å². The van der Waals surface area contributed by atoms with Gasteiger partial charge in [-0.1, -0.05) is 13.3 Å². The molecule has 1 amide bonds. The van der Waals surface area contributed by atoms with Crippen molar-refractivity contribution in [3.05, 3.63) is 21.4 Å². The summed E-state index contributed by atoms with van der Waals surface area (Å²) in [5, 5.41) is 0. The molecule has 1 aromatic rings. The summed E-state index contributed by atoms with van der Waals surface area (Å²) in [7, 11) is 0. The van der Waals surface area contributed by atoms with Crippen LogP contribution < -0.4 is 5.73 Å². The minimum absolute atomic E-state index is 0.222. The minimum Gasteiger partial charge on any atom is -0.338 e. The largest absolute Gasteiger partial charge is 0.338 e. The maximum Gasteiger partial charge on any atom is 0.263 e. The van der Waals surface area contributed by atoms with Crippen LogP contribution in [0.4, 0.5) is 0 Å². The number of piperidine rings is 1. The van der Waals surface area contributed by atoms with Crippen molar-refractivity contribution in [2.24, 2.45) is 11.7 Å². The van der Waals surface area contributed by atoms with Gasteiger partial charge in [0, 0.05) is 29.8 Å². The van der Waals surface area contributed by atoms with E-state index < -0.39 is 0 Å². The van der Waals surface area contributed by atoms with Crippen LogP contribution in [0.2, 0.25) is 0 Å². The number of amides is 1. The molecule has 0 saturated carbocycles. The summed E-state index contributed by atoms with van der Waals surface area (Å²) >= 11 is 3.68. The maximum atomic E-state index is 12.7. The molecule has 20 heavy (non-hydrogen) atoms. The van der Waals surface area contributed by atoms with Gasteiger partial charge in [-0.3, -0.25) is 4.79 Å². The molecule has 1 saturated heterocycles. The van der Waals surface area contributed by atoms with Gasteiger partial charge in [0.05, 0.1) is 4.88 Å². The molecule has 0 aromatic carbocycles. The Balaban J connectivity index is 1.73. The summed E-state index contributed by atoms with van der Waals surface area (Å²) in [5.41, 5.74) is 7.52. The average molecular weight is 310 g/mol. The van der Waals surface area contributed by atoms with Crippen molar-refractivity contribution < 1.29 is 4.79 Å². The van der Waals surface area contributed by atoms with Gasteiger partial charge in [-0.05, 0) is 36.1 Å². The molecular formula is C15H22N2OS2. The first-order valence-electron chi connectivity index (χ1n) is 7.43. The Labute approximate surface area is 128 Å². The number of carbonyl (C=O) groups is 1. The minimum atomic E-state index is 0.222. The monoisotopic (exact) mass is 310 g/mol. The Morgan fingerprint density at radius 3 is 3.15 bits per heavy atom. The third-order valence-electron chi connectivity index (χ3n) is 4.44. The molecule has 5 heteroatoms. The molecule has 3 rings (SSSR count). The first kappa shape index (κ1) is 14.4. The number of carbonyl (C=O) groups excluding carboxylic acids is 1. The van der Waals surface area contributed by atoms with Gasteiger partial charge in [0.2, 0.25) is 0 Å². The predicted molar refractivity (Wildman–Crippen MR) is 86.5 cm³/mol. The van der Waals surface area contributed by atoms with Crippen LogP contribution in [0.25, 0.3) is 0 Å². The third-order valence-corrected chi connectivity index (χ3v) is 6.68. The van der Waals surface area contributed by atoms with Gasteiger partial charge in [0.25, 0.3) is 5.91 Å². The number of thiophene rings is 1. The lowest BCUT2D eigenvalue weighted by atomic mass is 9.90. The molecular weight excluding hydrogens is 288 g/mol.